The molecule has 0 bridgehead atoms. The Balaban J connectivity index is 2.15. The smallest absolute Gasteiger partial charge is 0.133 e. The minimum absolute atomic E-state index is 0.258. The summed E-state index contributed by atoms with van der Waals surface area (Å²) in [6.07, 6.45) is 3.93. The zero-order valence-corrected chi connectivity index (χ0v) is 9.71. The van der Waals surface area contributed by atoms with Crippen molar-refractivity contribution in [1.82, 2.24) is 0 Å². The van der Waals surface area contributed by atoms with E-state index < -0.39 is 5.60 Å². The summed E-state index contributed by atoms with van der Waals surface area (Å²) in [4.78, 5) is 11.3. The minimum atomic E-state index is -0.796. The average Bonchev–Trinajstić information content (AvgIpc) is 2.34. The van der Waals surface area contributed by atoms with Gasteiger partial charge in [-0.2, -0.15) is 0 Å². The number of hydrogen-bond acceptors (Lipinski definition) is 4. The fourth-order valence-corrected chi connectivity index (χ4v) is 3.04. The molecule has 1 aliphatic heterocycles. The minimum Gasteiger partial charge on any atom is -0.389 e. The average molecular weight is 227 g/mol. The van der Waals surface area contributed by atoms with Crippen LogP contribution in [0.5, 0.6) is 0 Å². The Morgan fingerprint density at radius 2 is 2.00 bits per heavy atom. The van der Waals surface area contributed by atoms with Gasteiger partial charge in [-0.05, 0) is 25.7 Å². The molecule has 1 saturated carbocycles. The third kappa shape index (κ3) is 1.90. The summed E-state index contributed by atoms with van der Waals surface area (Å²) in [5.74, 6) is 0.258. The molecule has 2 aliphatic rings. The summed E-state index contributed by atoms with van der Waals surface area (Å²) >= 11 is 0. The molecular weight excluding hydrogens is 206 g/mol. The van der Waals surface area contributed by atoms with E-state index in [2.05, 4.69) is 0 Å². The van der Waals surface area contributed by atoms with Crippen LogP contribution >= 0.6 is 0 Å². The van der Waals surface area contributed by atoms with E-state index >= 15 is 0 Å². The molecule has 92 valence electrons. The summed E-state index contributed by atoms with van der Waals surface area (Å²) in [6, 6.07) is 0. The van der Waals surface area contributed by atoms with E-state index in [0.29, 0.717) is 38.8 Å². The Morgan fingerprint density at radius 3 is 2.50 bits per heavy atom. The van der Waals surface area contributed by atoms with Crippen LogP contribution in [-0.4, -0.2) is 36.2 Å². The molecule has 4 nitrogen and oxygen atoms in total. The van der Waals surface area contributed by atoms with Crippen LogP contribution in [0.25, 0.3) is 0 Å². The van der Waals surface area contributed by atoms with Crippen molar-refractivity contribution in [1.29, 1.82) is 0 Å². The highest BCUT2D eigenvalue weighted by atomic mass is 16.5. The van der Waals surface area contributed by atoms with Crippen LogP contribution in [-0.2, 0) is 9.53 Å². The van der Waals surface area contributed by atoms with Gasteiger partial charge in [-0.15, -0.1) is 0 Å². The van der Waals surface area contributed by atoms with E-state index in [4.69, 9.17) is 10.5 Å². The molecule has 0 radical (unpaired) electrons. The molecule has 0 aromatic heterocycles. The second-order valence-electron chi connectivity index (χ2n) is 5.21. The number of ether oxygens (including phenoxy) is 1. The van der Waals surface area contributed by atoms with Gasteiger partial charge in [0.25, 0.3) is 0 Å². The number of hydrogen-bond donors (Lipinski definition) is 2. The molecule has 1 atom stereocenters. The molecule has 16 heavy (non-hydrogen) atoms. The van der Waals surface area contributed by atoms with Crippen LogP contribution < -0.4 is 5.73 Å². The number of carbonyl (C=O) groups is 1. The summed E-state index contributed by atoms with van der Waals surface area (Å²) < 4.78 is 5.50. The Hall–Kier alpha value is -0.450. The molecule has 1 unspecified atom stereocenters. The highest BCUT2D eigenvalue weighted by Crippen LogP contribution is 2.45. The fourth-order valence-electron chi connectivity index (χ4n) is 3.04. The SMILES string of the molecule is NCC1(C2(O)CCC(=O)CC2)CCCOC1. The third-order valence-electron chi connectivity index (χ3n) is 4.34. The standard InChI is InChI=1S/C12H21NO3/c13-8-11(4-1-7-16-9-11)12(15)5-2-10(14)3-6-12/h15H,1-9,13H2. The number of aliphatic hydroxyl groups is 1. The predicted octanol–water partition coefficient (Wildman–Crippen LogP) is 0.616. The lowest BCUT2D eigenvalue weighted by molar-refractivity contribution is -0.164. The number of carbonyl (C=O) groups excluding carboxylic acids is 1. The molecule has 4 heteroatoms. The topological polar surface area (TPSA) is 72.5 Å². The Morgan fingerprint density at radius 1 is 1.31 bits per heavy atom. The molecule has 1 heterocycles. The number of nitrogens with two attached hydrogens (primary N) is 1. The first kappa shape index (κ1) is 12.0. The number of ketones is 1. The molecule has 0 aromatic carbocycles. The van der Waals surface area contributed by atoms with Gasteiger partial charge < -0.3 is 15.6 Å². The van der Waals surface area contributed by atoms with Gasteiger partial charge in [0, 0.05) is 31.4 Å². The Labute approximate surface area is 96.2 Å². The van der Waals surface area contributed by atoms with Gasteiger partial charge in [-0.3, -0.25) is 4.79 Å². The molecular formula is C12H21NO3. The van der Waals surface area contributed by atoms with Crippen molar-refractivity contribution in [2.75, 3.05) is 19.8 Å². The van der Waals surface area contributed by atoms with Crippen LogP contribution in [0.15, 0.2) is 0 Å². The van der Waals surface area contributed by atoms with Gasteiger partial charge in [0.2, 0.25) is 0 Å². The van der Waals surface area contributed by atoms with Crippen molar-refractivity contribution in [3.63, 3.8) is 0 Å². The first-order chi connectivity index (χ1) is 7.62. The van der Waals surface area contributed by atoms with Gasteiger partial charge in [-0.1, -0.05) is 0 Å². The predicted molar refractivity (Wildman–Crippen MR) is 60.0 cm³/mol. The zero-order chi connectivity index (χ0) is 11.6. The van der Waals surface area contributed by atoms with Crippen molar-refractivity contribution >= 4 is 5.78 Å². The maximum absolute atomic E-state index is 11.3. The van der Waals surface area contributed by atoms with Crippen LogP contribution in [0.3, 0.4) is 0 Å². The van der Waals surface area contributed by atoms with Crippen LogP contribution in [0.2, 0.25) is 0 Å². The molecule has 2 rings (SSSR count). The summed E-state index contributed by atoms with van der Waals surface area (Å²) in [7, 11) is 0. The Kier molecular flexibility index (Phi) is 3.33. The highest BCUT2D eigenvalue weighted by Gasteiger charge is 2.51. The number of rotatable bonds is 2. The maximum atomic E-state index is 11.3. The van der Waals surface area contributed by atoms with Crippen LogP contribution in [0.1, 0.15) is 38.5 Å². The van der Waals surface area contributed by atoms with Crippen molar-refractivity contribution in [2.24, 2.45) is 11.1 Å². The fraction of sp³-hybridized carbons (Fsp3) is 0.917. The lowest BCUT2D eigenvalue weighted by atomic mass is 9.62. The van der Waals surface area contributed by atoms with Gasteiger partial charge >= 0.3 is 0 Å². The van der Waals surface area contributed by atoms with Crippen molar-refractivity contribution in [3.8, 4) is 0 Å². The van der Waals surface area contributed by atoms with E-state index in [1.165, 1.54) is 0 Å². The first-order valence-electron chi connectivity index (χ1n) is 6.14. The molecule has 1 saturated heterocycles. The molecule has 0 aromatic rings. The zero-order valence-electron chi connectivity index (χ0n) is 9.71. The third-order valence-corrected chi connectivity index (χ3v) is 4.34. The van der Waals surface area contributed by atoms with Gasteiger partial charge in [0.15, 0.2) is 0 Å². The largest absolute Gasteiger partial charge is 0.389 e. The monoisotopic (exact) mass is 227 g/mol. The van der Waals surface area contributed by atoms with E-state index in [9.17, 15) is 9.90 Å². The lowest BCUT2D eigenvalue weighted by Crippen LogP contribution is -2.58. The van der Waals surface area contributed by atoms with Gasteiger partial charge in [0.1, 0.15) is 5.78 Å². The molecule has 0 spiro atoms. The molecule has 0 amide bonds. The summed E-state index contributed by atoms with van der Waals surface area (Å²) in [5, 5.41) is 10.8. The van der Waals surface area contributed by atoms with Crippen molar-refractivity contribution in [3.05, 3.63) is 0 Å². The summed E-state index contributed by atoms with van der Waals surface area (Å²) in [6.45, 7) is 1.74. The maximum Gasteiger partial charge on any atom is 0.133 e. The van der Waals surface area contributed by atoms with Crippen molar-refractivity contribution < 1.29 is 14.6 Å². The van der Waals surface area contributed by atoms with Crippen LogP contribution in [0.4, 0.5) is 0 Å². The van der Waals surface area contributed by atoms with E-state index in [-0.39, 0.29) is 11.2 Å². The van der Waals surface area contributed by atoms with E-state index in [1.54, 1.807) is 0 Å². The van der Waals surface area contributed by atoms with Gasteiger partial charge in [0.05, 0.1) is 12.2 Å². The normalized spacial score (nSPS) is 35.0. The molecule has 3 N–H and O–H groups in total. The van der Waals surface area contributed by atoms with Crippen LogP contribution in [0, 0.1) is 5.41 Å². The first-order valence-corrected chi connectivity index (χ1v) is 6.14. The molecule has 1 aliphatic carbocycles. The van der Waals surface area contributed by atoms with E-state index in [1.807, 2.05) is 0 Å². The highest BCUT2D eigenvalue weighted by molar-refractivity contribution is 5.79. The van der Waals surface area contributed by atoms with Crippen molar-refractivity contribution in [2.45, 2.75) is 44.1 Å². The second kappa shape index (κ2) is 4.43. The second-order valence-corrected chi connectivity index (χ2v) is 5.21. The van der Waals surface area contributed by atoms with Gasteiger partial charge in [-0.25, -0.2) is 0 Å². The molecule has 2 fully saturated rings. The lowest BCUT2D eigenvalue weighted by Gasteiger charge is -2.50. The number of Topliss-reactive ketones (excluding diaryl/α,β-unsaturated/α-hetero) is 1. The van der Waals surface area contributed by atoms with E-state index in [0.717, 1.165) is 19.4 Å². The quantitative estimate of drug-likeness (QED) is 0.725. The Bertz CT molecular complexity index is 261. The summed E-state index contributed by atoms with van der Waals surface area (Å²) in [5.41, 5.74) is 4.74.